The lowest BCUT2D eigenvalue weighted by Gasteiger charge is -2.11. The first-order chi connectivity index (χ1) is 13.8. The average Bonchev–Trinajstić information content (AvgIpc) is 3.12. The SMILES string of the molecule is COc1ccc(CC(=O)Nc2n[nH]c(C(F)(F)F)c2-c2ccccc2)cc1OC. The second-order valence-corrected chi connectivity index (χ2v) is 6.10. The molecule has 0 fully saturated rings. The molecule has 0 radical (unpaired) electrons. The summed E-state index contributed by atoms with van der Waals surface area (Å²) in [7, 11) is 2.96. The number of nitrogens with one attached hydrogen (secondary N) is 2. The molecule has 1 heterocycles. The van der Waals surface area contributed by atoms with Crippen molar-refractivity contribution < 1.29 is 27.4 Å². The number of aromatic amines is 1. The van der Waals surface area contributed by atoms with Gasteiger partial charge in [0.15, 0.2) is 17.3 Å². The van der Waals surface area contributed by atoms with Gasteiger partial charge in [-0.2, -0.15) is 18.3 Å². The minimum absolute atomic E-state index is 0.0806. The lowest BCUT2D eigenvalue weighted by atomic mass is 10.0. The number of hydrogen-bond donors (Lipinski definition) is 2. The van der Waals surface area contributed by atoms with E-state index in [2.05, 4.69) is 10.4 Å². The Morgan fingerprint density at radius 3 is 2.38 bits per heavy atom. The molecule has 6 nitrogen and oxygen atoms in total. The lowest BCUT2D eigenvalue weighted by Crippen LogP contribution is -2.15. The summed E-state index contributed by atoms with van der Waals surface area (Å²) in [5.41, 5.74) is -0.341. The van der Waals surface area contributed by atoms with Gasteiger partial charge >= 0.3 is 6.18 Å². The number of aromatic nitrogens is 2. The predicted molar refractivity (Wildman–Crippen MR) is 101 cm³/mol. The van der Waals surface area contributed by atoms with E-state index in [9.17, 15) is 18.0 Å². The van der Waals surface area contributed by atoms with Crippen LogP contribution in [0.5, 0.6) is 11.5 Å². The molecule has 0 spiro atoms. The normalized spacial score (nSPS) is 11.2. The van der Waals surface area contributed by atoms with E-state index in [-0.39, 0.29) is 23.4 Å². The number of ether oxygens (including phenoxy) is 2. The molecule has 152 valence electrons. The van der Waals surface area contributed by atoms with E-state index in [1.165, 1.54) is 26.4 Å². The van der Waals surface area contributed by atoms with Gasteiger partial charge in [-0.05, 0) is 23.3 Å². The zero-order valence-corrected chi connectivity index (χ0v) is 15.6. The number of methoxy groups -OCH3 is 2. The topological polar surface area (TPSA) is 76.2 Å². The van der Waals surface area contributed by atoms with Crippen LogP contribution in [-0.4, -0.2) is 30.3 Å². The molecule has 2 aromatic carbocycles. The Morgan fingerprint density at radius 1 is 1.07 bits per heavy atom. The van der Waals surface area contributed by atoms with E-state index >= 15 is 0 Å². The molecular weight excluding hydrogens is 387 g/mol. The number of carbonyl (C=O) groups is 1. The fraction of sp³-hybridized carbons (Fsp3) is 0.200. The zero-order chi connectivity index (χ0) is 21.0. The Bertz CT molecular complexity index is 1000. The number of halogens is 3. The third kappa shape index (κ3) is 4.50. The van der Waals surface area contributed by atoms with E-state index in [4.69, 9.17) is 9.47 Å². The number of hydrogen-bond acceptors (Lipinski definition) is 4. The molecule has 0 saturated heterocycles. The molecule has 0 aliphatic carbocycles. The zero-order valence-electron chi connectivity index (χ0n) is 15.6. The standard InChI is InChI=1S/C20H18F3N3O3/c1-28-14-9-8-12(10-15(14)29-2)11-16(27)24-19-17(13-6-4-3-5-7-13)18(25-26-19)20(21,22)23/h3-10H,11H2,1-2H3,(H2,24,25,26,27). The van der Waals surface area contributed by atoms with Gasteiger partial charge in [-0.15, -0.1) is 0 Å². The van der Waals surface area contributed by atoms with E-state index < -0.39 is 17.8 Å². The number of carbonyl (C=O) groups excluding carboxylic acids is 1. The van der Waals surface area contributed by atoms with Crippen molar-refractivity contribution in [2.75, 3.05) is 19.5 Å². The molecule has 0 bridgehead atoms. The highest BCUT2D eigenvalue weighted by Crippen LogP contribution is 2.39. The minimum atomic E-state index is -4.65. The summed E-state index contributed by atoms with van der Waals surface area (Å²) in [6.45, 7) is 0. The van der Waals surface area contributed by atoms with Gasteiger partial charge in [0.2, 0.25) is 5.91 Å². The Kier molecular flexibility index (Phi) is 5.76. The third-order valence-corrected chi connectivity index (χ3v) is 4.18. The highest BCUT2D eigenvalue weighted by molar-refractivity contribution is 5.96. The summed E-state index contributed by atoms with van der Waals surface area (Å²) in [6, 6.07) is 12.9. The number of amides is 1. The quantitative estimate of drug-likeness (QED) is 0.641. The smallest absolute Gasteiger partial charge is 0.433 e. The average molecular weight is 405 g/mol. The second-order valence-electron chi connectivity index (χ2n) is 6.10. The maximum absolute atomic E-state index is 13.4. The summed E-state index contributed by atoms with van der Waals surface area (Å²) in [6.07, 6.45) is -4.73. The number of benzene rings is 2. The van der Waals surface area contributed by atoms with Crippen LogP contribution in [-0.2, 0) is 17.4 Å². The van der Waals surface area contributed by atoms with Crippen LogP contribution in [0.25, 0.3) is 11.1 Å². The molecule has 29 heavy (non-hydrogen) atoms. The van der Waals surface area contributed by atoms with Crippen molar-refractivity contribution in [1.29, 1.82) is 0 Å². The first kappa shape index (κ1) is 20.2. The third-order valence-electron chi connectivity index (χ3n) is 4.18. The highest BCUT2D eigenvalue weighted by Gasteiger charge is 2.38. The van der Waals surface area contributed by atoms with E-state index in [0.717, 1.165) is 0 Å². The summed E-state index contributed by atoms with van der Waals surface area (Å²) < 4.78 is 50.5. The van der Waals surface area contributed by atoms with Gasteiger partial charge < -0.3 is 14.8 Å². The van der Waals surface area contributed by atoms with Gasteiger partial charge in [0.05, 0.1) is 26.2 Å². The molecule has 0 unspecified atom stereocenters. The van der Waals surface area contributed by atoms with Gasteiger partial charge in [-0.1, -0.05) is 36.4 Å². The molecule has 3 aromatic rings. The number of anilines is 1. The van der Waals surface area contributed by atoms with Gasteiger partial charge in [0, 0.05) is 0 Å². The number of nitrogens with zero attached hydrogens (tertiary/aromatic N) is 1. The molecule has 0 atom stereocenters. The first-order valence-corrected chi connectivity index (χ1v) is 8.55. The molecule has 3 rings (SSSR count). The van der Waals surface area contributed by atoms with Crippen molar-refractivity contribution in [2.45, 2.75) is 12.6 Å². The Hall–Kier alpha value is -3.49. The molecular formula is C20H18F3N3O3. The van der Waals surface area contributed by atoms with Crippen molar-refractivity contribution in [1.82, 2.24) is 10.2 Å². The largest absolute Gasteiger partial charge is 0.493 e. The van der Waals surface area contributed by atoms with Crippen LogP contribution in [0.4, 0.5) is 19.0 Å². The van der Waals surface area contributed by atoms with Crippen LogP contribution < -0.4 is 14.8 Å². The fourth-order valence-corrected chi connectivity index (χ4v) is 2.88. The number of rotatable bonds is 6. The van der Waals surface area contributed by atoms with Crippen molar-refractivity contribution >= 4 is 11.7 Å². The Balaban J connectivity index is 1.87. The molecule has 0 saturated carbocycles. The highest BCUT2D eigenvalue weighted by atomic mass is 19.4. The Morgan fingerprint density at radius 2 is 1.76 bits per heavy atom. The molecule has 0 aliphatic rings. The molecule has 1 aromatic heterocycles. The van der Waals surface area contributed by atoms with Gasteiger partial charge in [-0.3, -0.25) is 9.89 Å². The van der Waals surface area contributed by atoms with Gasteiger partial charge in [0.1, 0.15) is 5.69 Å². The molecule has 9 heteroatoms. The second kappa shape index (κ2) is 8.26. The number of alkyl halides is 3. The van der Waals surface area contributed by atoms with Crippen LogP contribution >= 0.6 is 0 Å². The van der Waals surface area contributed by atoms with Crippen molar-refractivity contribution in [3.8, 4) is 22.6 Å². The van der Waals surface area contributed by atoms with Gasteiger partial charge in [0.25, 0.3) is 0 Å². The van der Waals surface area contributed by atoms with Crippen LogP contribution in [0.15, 0.2) is 48.5 Å². The van der Waals surface area contributed by atoms with Crippen LogP contribution in [0.3, 0.4) is 0 Å². The first-order valence-electron chi connectivity index (χ1n) is 8.55. The maximum Gasteiger partial charge on any atom is 0.433 e. The maximum atomic E-state index is 13.4. The van der Waals surface area contributed by atoms with Crippen molar-refractivity contribution in [3.63, 3.8) is 0 Å². The van der Waals surface area contributed by atoms with Gasteiger partial charge in [-0.25, -0.2) is 0 Å². The van der Waals surface area contributed by atoms with Crippen LogP contribution in [0.1, 0.15) is 11.3 Å². The molecule has 1 amide bonds. The minimum Gasteiger partial charge on any atom is -0.493 e. The predicted octanol–water partition coefficient (Wildman–Crippen LogP) is 4.29. The lowest BCUT2D eigenvalue weighted by molar-refractivity contribution is -0.140. The monoisotopic (exact) mass is 405 g/mol. The summed E-state index contributed by atoms with van der Waals surface area (Å²) in [5.74, 6) is 0.246. The number of H-pyrrole nitrogens is 1. The summed E-state index contributed by atoms with van der Waals surface area (Å²) in [5, 5.41) is 8.13. The van der Waals surface area contributed by atoms with Crippen molar-refractivity contribution in [2.24, 2.45) is 0 Å². The van der Waals surface area contributed by atoms with E-state index in [1.54, 1.807) is 36.4 Å². The molecule has 2 N–H and O–H groups in total. The molecule has 0 aliphatic heterocycles. The Labute approximate surface area is 164 Å². The van der Waals surface area contributed by atoms with Crippen LogP contribution in [0, 0.1) is 0 Å². The van der Waals surface area contributed by atoms with Crippen molar-refractivity contribution in [3.05, 3.63) is 59.8 Å². The van der Waals surface area contributed by atoms with E-state index in [0.29, 0.717) is 17.1 Å². The summed E-state index contributed by atoms with van der Waals surface area (Å²) in [4.78, 5) is 12.5. The fourth-order valence-electron chi connectivity index (χ4n) is 2.88. The summed E-state index contributed by atoms with van der Waals surface area (Å²) >= 11 is 0. The van der Waals surface area contributed by atoms with E-state index in [1.807, 2.05) is 5.10 Å². The van der Waals surface area contributed by atoms with Crippen LogP contribution in [0.2, 0.25) is 0 Å².